The van der Waals surface area contributed by atoms with E-state index in [4.69, 9.17) is 30.8 Å². The minimum Gasteiger partial charge on any atom is -0.497 e. The molecule has 5 aromatic rings. The first-order chi connectivity index (χ1) is 21.8. The summed E-state index contributed by atoms with van der Waals surface area (Å²) in [6, 6.07) is 20.4. The molecule has 0 aliphatic carbocycles. The van der Waals surface area contributed by atoms with Crippen LogP contribution in [0.2, 0.25) is 5.02 Å². The standard InChI is InChI=1S/C35H32ClN3O5S/c1-6-44-34(41)31-20(2)37-35-39(32(31)25-16-15-23(42-4)17-29(25)43-5)33(40)30(45-35)18-26-21(3)38(28-14-10-8-12-24(26)28)19-22-11-7-9-13-27(22)36/h7-18,32H,6,19H2,1-5H3/b30-18-/t32-/m0/s1. The summed E-state index contributed by atoms with van der Waals surface area (Å²) in [5.74, 6) is 0.531. The SMILES string of the molecule is CCOC(=O)C1=C(C)N=c2s/c(=C\c3c(C)n(Cc4ccccc4Cl)c4ccccc34)c(=O)n2[C@H]1c1ccc(OC)cc1OC. The summed E-state index contributed by atoms with van der Waals surface area (Å²) < 4.78 is 20.9. The molecule has 0 radical (unpaired) electrons. The molecule has 6 rings (SSSR count). The lowest BCUT2D eigenvalue weighted by Gasteiger charge is -2.26. The lowest BCUT2D eigenvalue weighted by atomic mass is 9.95. The zero-order valence-corrected chi connectivity index (χ0v) is 27.2. The molecule has 0 amide bonds. The molecule has 45 heavy (non-hydrogen) atoms. The number of hydrogen-bond acceptors (Lipinski definition) is 7. The third-order valence-corrected chi connectivity index (χ3v) is 9.45. The number of hydrogen-bond donors (Lipinski definition) is 0. The number of fused-ring (bicyclic) bond motifs is 2. The first-order valence-corrected chi connectivity index (χ1v) is 15.7. The Balaban J connectivity index is 1.57. The van der Waals surface area contributed by atoms with Gasteiger partial charge in [0.15, 0.2) is 4.80 Å². The first-order valence-electron chi connectivity index (χ1n) is 14.5. The number of nitrogens with zero attached hydrogens (tertiary/aromatic N) is 3. The van der Waals surface area contributed by atoms with Crippen molar-refractivity contribution in [1.29, 1.82) is 0 Å². The van der Waals surface area contributed by atoms with Gasteiger partial charge in [0.05, 0.1) is 36.6 Å². The van der Waals surface area contributed by atoms with Crippen molar-refractivity contribution in [3.8, 4) is 11.5 Å². The molecule has 0 fully saturated rings. The zero-order chi connectivity index (χ0) is 31.8. The summed E-state index contributed by atoms with van der Waals surface area (Å²) in [6.45, 7) is 6.33. The van der Waals surface area contributed by atoms with Gasteiger partial charge in [0, 0.05) is 45.4 Å². The maximum Gasteiger partial charge on any atom is 0.338 e. The molecule has 8 nitrogen and oxygen atoms in total. The van der Waals surface area contributed by atoms with Crippen LogP contribution >= 0.6 is 22.9 Å². The molecule has 230 valence electrons. The van der Waals surface area contributed by atoms with E-state index in [1.165, 1.54) is 11.3 Å². The maximum absolute atomic E-state index is 14.4. The van der Waals surface area contributed by atoms with Crippen molar-refractivity contribution in [2.24, 2.45) is 4.99 Å². The zero-order valence-electron chi connectivity index (χ0n) is 25.6. The van der Waals surface area contributed by atoms with Crippen LogP contribution in [0.25, 0.3) is 17.0 Å². The second kappa shape index (κ2) is 12.4. The molecule has 1 aliphatic rings. The van der Waals surface area contributed by atoms with E-state index in [1.54, 1.807) is 44.8 Å². The number of ether oxygens (including phenoxy) is 3. The van der Waals surface area contributed by atoms with E-state index < -0.39 is 12.0 Å². The van der Waals surface area contributed by atoms with Crippen molar-refractivity contribution in [1.82, 2.24) is 9.13 Å². The van der Waals surface area contributed by atoms with Gasteiger partial charge in [-0.2, -0.15) is 0 Å². The lowest BCUT2D eigenvalue weighted by molar-refractivity contribution is -0.139. The van der Waals surface area contributed by atoms with E-state index in [0.717, 1.165) is 27.7 Å². The van der Waals surface area contributed by atoms with Crippen LogP contribution in [-0.4, -0.2) is 35.9 Å². The normalized spacial score (nSPS) is 14.8. The van der Waals surface area contributed by atoms with E-state index in [9.17, 15) is 9.59 Å². The summed E-state index contributed by atoms with van der Waals surface area (Å²) >= 11 is 7.82. The summed E-state index contributed by atoms with van der Waals surface area (Å²) in [7, 11) is 3.11. The van der Waals surface area contributed by atoms with Crippen molar-refractivity contribution in [2.75, 3.05) is 20.8 Å². The Labute approximate surface area is 269 Å². The third kappa shape index (κ3) is 5.36. The molecule has 3 aromatic carbocycles. The molecule has 0 unspecified atom stereocenters. The van der Waals surface area contributed by atoms with Gasteiger partial charge in [-0.3, -0.25) is 9.36 Å². The molecular formula is C35H32ClN3O5S. The van der Waals surface area contributed by atoms with Gasteiger partial charge in [-0.25, -0.2) is 9.79 Å². The van der Waals surface area contributed by atoms with E-state index in [-0.39, 0.29) is 17.7 Å². The molecule has 0 N–H and O–H groups in total. The number of para-hydroxylation sites is 1. The Bertz CT molecular complexity index is 2180. The Hall–Kier alpha value is -4.60. The van der Waals surface area contributed by atoms with Gasteiger partial charge < -0.3 is 18.8 Å². The maximum atomic E-state index is 14.4. The van der Waals surface area contributed by atoms with Crippen LogP contribution in [0.4, 0.5) is 0 Å². The number of carbonyl (C=O) groups excluding carboxylic acids is 1. The van der Waals surface area contributed by atoms with Crippen LogP contribution in [0.1, 0.15) is 42.3 Å². The van der Waals surface area contributed by atoms with Crippen LogP contribution in [0.3, 0.4) is 0 Å². The molecule has 1 atom stereocenters. The van der Waals surface area contributed by atoms with Gasteiger partial charge in [-0.1, -0.05) is 59.3 Å². The molecule has 2 aromatic heterocycles. The highest BCUT2D eigenvalue weighted by Crippen LogP contribution is 2.38. The quantitative estimate of drug-likeness (QED) is 0.201. The Morgan fingerprint density at radius 1 is 1.04 bits per heavy atom. The van der Waals surface area contributed by atoms with Crippen LogP contribution in [0.15, 0.2) is 87.8 Å². The molecule has 3 heterocycles. The van der Waals surface area contributed by atoms with E-state index in [0.29, 0.717) is 43.7 Å². The predicted octanol–water partition coefficient (Wildman–Crippen LogP) is 5.78. The predicted molar refractivity (Wildman–Crippen MR) is 177 cm³/mol. The van der Waals surface area contributed by atoms with Crippen LogP contribution in [0, 0.1) is 6.92 Å². The fourth-order valence-electron chi connectivity index (χ4n) is 5.90. The number of halogens is 1. The smallest absolute Gasteiger partial charge is 0.338 e. The van der Waals surface area contributed by atoms with Crippen LogP contribution in [-0.2, 0) is 16.1 Å². The van der Waals surface area contributed by atoms with Crippen molar-refractivity contribution < 1.29 is 19.0 Å². The fraction of sp³-hybridized carbons (Fsp3) is 0.229. The van der Waals surface area contributed by atoms with E-state index >= 15 is 0 Å². The van der Waals surface area contributed by atoms with Gasteiger partial charge in [0.1, 0.15) is 17.5 Å². The average molecular weight is 642 g/mol. The first kappa shape index (κ1) is 30.4. The number of methoxy groups -OCH3 is 2. The van der Waals surface area contributed by atoms with Gasteiger partial charge in [0.2, 0.25) is 0 Å². The number of esters is 1. The minimum absolute atomic E-state index is 0.185. The molecule has 1 aliphatic heterocycles. The number of benzene rings is 3. The summed E-state index contributed by atoms with van der Waals surface area (Å²) in [6.07, 6.45) is 1.93. The Morgan fingerprint density at radius 3 is 2.53 bits per heavy atom. The second-order valence-corrected chi connectivity index (χ2v) is 12.0. The van der Waals surface area contributed by atoms with Crippen LogP contribution < -0.4 is 24.4 Å². The van der Waals surface area contributed by atoms with Gasteiger partial charge >= 0.3 is 5.97 Å². The van der Waals surface area contributed by atoms with E-state index in [1.807, 2.05) is 55.5 Å². The highest BCUT2D eigenvalue weighted by Gasteiger charge is 2.35. The van der Waals surface area contributed by atoms with Crippen molar-refractivity contribution in [3.63, 3.8) is 0 Å². The van der Waals surface area contributed by atoms with Gasteiger partial charge in [-0.15, -0.1) is 0 Å². The van der Waals surface area contributed by atoms with Gasteiger partial charge in [0.25, 0.3) is 5.56 Å². The Morgan fingerprint density at radius 2 is 1.80 bits per heavy atom. The van der Waals surface area contributed by atoms with Crippen molar-refractivity contribution in [3.05, 3.63) is 125 Å². The van der Waals surface area contributed by atoms with Crippen molar-refractivity contribution >= 4 is 45.9 Å². The monoisotopic (exact) mass is 641 g/mol. The number of aromatic nitrogens is 2. The van der Waals surface area contributed by atoms with Crippen molar-refractivity contribution in [2.45, 2.75) is 33.4 Å². The fourth-order valence-corrected chi connectivity index (χ4v) is 7.13. The van der Waals surface area contributed by atoms with Crippen LogP contribution in [0.5, 0.6) is 11.5 Å². The lowest BCUT2D eigenvalue weighted by Crippen LogP contribution is -2.40. The largest absolute Gasteiger partial charge is 0.497 e. The minimum atomic E-state index is -0.814. The average Bonchev–Trinajstić information content (AvgIpc) is 3.49. The molecule has 0 saturated heterocycles. The Kier molecular flexibility index (Phi) is 8.40. The second-order valence-electron chi connectivity index (χ2n) is 10.6. The molecule has 0 saturated carbocycles. The third-order valence-electron chi connectivity index (χ3n) is 8.09. The highest BCUT2D eigenvalue weighted by atomic mass is 35.5. The molecule has 0 spiro atoms. The summed E-state index contributed by atoms with van der Waals surface area (Å²) in [5.41, 5.74) is 5.10. The number of allylic oxidation sites excluding steroid dienone is 1. The van der Waals surface area contributed by atoms with Gasteiger partial charge in [-0.05, 0) is 56.7 Å². The summed E-state index contributed by atoms with van der Waals surface area (Å²) in [5, 5.41) is 1.72. The summed E-state index contributed by atoms with van der Waals surface area (Å²) in [4.78, 5) is 32.9. The molecular weight excluding hydrogens is 610 g/mol. The molecule has 0 bridgehead atoms. The number of thiazole rings is 1. The number of carbonyl (C=O) groups is 1. The topological polar surface area (TPSA) is 84.1 Å². The van der Waals surface area contributed by atoms with E-state index in [2.05, 4.69) is 16.7 Å². The highest BCUT2D eigenvalue weighted by molar-refractivity contribution is 7.07. The molecule has 10 heteroatoms. The number of rotatable bonds is 8.